The highest BCUT2D eigenvalue weighted by Crippen LogP contribution is 2.35. The maximum atomic E-state index is 11.7. The van der Waals surface area contributed by atoms with Gasteiger partial charge in [-0.25, -0.2) is 13.4 Å². The number of sulfone groups is 1. The summed E-state index contributed by atoms with van der Waals surface area (Å²) in [6, 6.07) is -0.0780. The van der Waals surface area contributed by atoms with Gasteiger partial charge < -0.3 is 4.57 Å². The second-order valence-electron chi connectivity index (χ2n) is 5.49. The van der Waals surface area contributed by atoms with Crippen LogP contribution in [0.25, 0.3) is 0 Å². The molecule has 0 saturated heterocycles. The van der Waals surface area contributed by atoms with Crippen LogP contribution >= 0.6 is 0 Å². The van der Waals surface area contributed by atoms with Gasteiger partial charge in [-0.05, 0) is 25.2 Å². The molecule has 108 valence electrons. The lowest BCUT2D eigenvalue weighted by Gasteiger charge is -2.32. The first-order valence-electron chi connectivity index (χ1n) is 6.54. The molecule has 1 heterocycles. The second kappa shape index (κ2) is 5.60. The Morgan fingerprint density at radius 1 is 1.53 bits per heavy atom. The third kappa shape index (κ3) is 3.34. The van der Waals surface area contributed by atoms with Gasteiger partial charge in [0.05, 0.1) is 23.3 Å². The van der Waals surface area contributed by atoms with Gasteiger partial charge >= 0.3 is 0 Å². The van der Waals surface area contributed by atoms with Crippen LogP contribution in [0, 0.1) is 5.92 Å². The first-order valence-corrected chi connectivity index (χ1v) is 8.50. The van der Waals surface area contributed by atoms with Gasteiger partial charge in [0.25, 0.3) is 0 Å². The van der Waals surface area contributed by atoms with Crippen molar-refractivity contribution in [1.29, 1.82) is 0 Å². The summed E-state index contributed by atoms with van der Waals surface area (Å²) in [6.45, 7) is 0. The summed E-state index contributed by atoms with van der Waals surface area (Å²) in [5.41, 5.74) is 3.68. The minimum atomic E-state index is -2.97. The average molecular weight is 286 g/mol. The molecule has 6 nitrogen and oxygen atoms in total. The molecular weight excluding hydrogens is 264 g/mol. The van der Waals surface area contributed by atoms with E-state index >= 15 is 0 Å². The molecule has 1 aliphatic rings. The van der Waals surface area contributed by atoms with Crippen molar-refractivity contribution in [2.24, 2.45) is 18.8 Å². The maximum Gasteiger partial charge on any atom is 0.150 e. The van der Waals surface area contributed by atoms with Crippen molar-refractivity contribution in [2.75, 3.05) is 6.26 Å². The van der Waals surface area contributed by atoms with Crippen molar-refractivity contribution in [2.45, 2.75) is 37.0 Å². The van der Waals surface area contributed by atoms with Crippen LogP contribution < -0.4 is 11.3 Å². The SMILES string of the molecule is Cn1cnc(C(NN)C2CCCC(S(C)(=O)=O)C2)c1. The van der Waals surface area contributed by atoms with Gasteiger partial charge in [-0.3, -0.25) is 11.3 Å². The van der Waals surface area contributed by atoms with Gasteiger partial charge in [0.15, 0.2) is 0 Å². The fourth-order valence-electron chi connectivity index (χ4n) is 2.93. The predicted octanol–water partition coefficient (Wildman–Crippen LogP) is 0.528. The summed E-state index contributed by atoms with van der Waals surface area (Å²) < 4.78 is 25.3. The van der Waals surface area contributed by atoms with Gasteiger partial charge in [0, 0.05) is 19.5 Å². The highest BCUT2D eigenvalue weighted by atomic mass is 32.2. The van der Waals surface area contributed by atoms with Gasteiger partial charge in [-0.15, -0.1) is 0 Å². The molecule has 7 heteroatoms. The topological polar surface area (TPSA) is 90.0 Å². The molecule has 1 aromatic rings. The molecule has 1 aliphatic carbocycles. The van der Waals surface area contributed by atoms with Gasteiger partial charge in [0.1, 0.15) is 9.84 Å². The Morgan fingerprint density at radius 2 is 2.26 bits per heavy atom. The Hall–Kier alpha value is -0.920. The van der Waals surface area contributed by atoms with E-state index < -0.39 is 9.84 Å². The molecule has 3 N–H and O–H groups in total. The van der Waals surface area contributed by atoms with E-state index in [4.69, 9.17) is 5.84 Å². The number of imidazole rings is 1. The molecule has 3 unspecified atom stereocenters. The smallest absolute Gasteiger partial charge is 0.150 e. The molecule has 19 heavy (non-hydrogen) atoms. The number of nitrogens with two attached hydrogens (primary N) is 1. The van der Waals surface area contributed by atoms with Crippen molar-refractivity contribution in [1.82, 2.24) is 15.0 Å². The van der Waals surface area contributed by atoms with Crippen LogP contribution in [0.5, 0.6) is 0 Å². The minimum absolute atomic E-state index is 0.0780. The molecule has 1 saturated carbocycles. The summed E-state index contributed by atoms with van der Waals surface area (Å²) in [5.74, 6) is 5.87. The molecular formula is C12H22N4O2S. The number of hydrazine groups is 1. The number of aromatic nitrogens is 2. The summed E-state index contributed by atoms with van der Waals surface area (Å²) in [5, 5.41) is -0.245. The predicted molar refractivity (Wildman–Crippen MR) is 73.9 cm³/mol. The van der Waals surface area contributed by atoms with Crippen molar-refractivity contribution < 1.29 is 8.42 Å². The molecule has 1 aromatic heterocycles. The van der Waals surface area contributed by atoms with Crippen molar-refractivity contribution in [3.8, 4) is 0 Å². The Labute approximate surface area is 114 Å². The lowest BCUT2D eigenvalue weighted by molar-refractivity contribution is 0.271. The first-order chi connectivity index (χ1) is 8.91. The Bertz CT molecular complexity index is 526. The first kappa shape index (κ1) is 14.5. The summed E-state index contributed by atoms with van der Waals surface area (Å²) in [7, 11) is -1.06. The van der Waals surface area contributed by atoms with Crippen LogP contribution in [-0.4, -0.2) is 29.5 Å². The largest absolute Gasteiger partial charge is 0.340 e. The van der Waals surface area contributed by atoms with E-state index in [0.29, 0.717) is 6.42 Å². The van der Waals surface area contributed by atoms with E-state index in [-0.39, 0.29) is 17.2 Å². The fraction of sp³-hybridized carbons (Fsp3) is 0.750. The van der Waals surface area contributed by atoms with E-state index in [9.17, 15) is 8.42 Å². The lowest BCUT2D eigenvalue weighted by Crippen LogP contribution is -2.38. The zero-order valence-corrected chi connectivity index (χ0v) is 12.2. The molecule has 0 amide bonds. The lowest BCUT2D eigenvalue weighted by atomic mass is 9.83. The molecule has 0 radical (unpaired) electrons. The molecule has 0 spiro atoms. The van der Waals surface area contributed by atoms with Crippen LogP contribution in [0.2, 0.25) is 0 Å². The molecule has 1 fully saturated rings. The summed E-state index contributed by atoms with van der Waals surface area (Å²) in [4.78, 5) is 4.32. The summed E-state index contributed by atoms with van der Waals surface area (Å²) in [6.07, 6.45) is 8.31. The molecule has 3 atom stereocenters. The van der Waals surface area contributed by atoms with Crippen molar-refractivity contribution in [3.05, 3.63) is 18.2 Å². The van der Waals surface area contributed by atoms with Crippen molar-refractivity contribution in [3.63, 3.8) is 0 Å². The number of hydrogen-bond acceptors (Lipinski definition) is 5. The quantitative estimate of drug-likeness (QED) is 0.622. The number of rotatable bonds is 4. The van der Waals surface area contributed by atoms with Crippen LogP contribution in [0.1, 0.15) is 37.4 Å². The van der Waals surface area contributed by atoms with Crippen LogP contribution in [0.15, 0.2) is 12.5 Å². The Kier molecular flexibility index (Phi) is 4.27. The average Bonchev–Trinajstić information content (AvgIpc) is 2.76. The highest BCUT2D eigenvalue weighted by Gasteiger charge is 2.34. The van der Waals surface area contributed by atoms with Gasteiger partial charge in [0.2, 0.25) is 0 Å². The van der Waals surface area contributed by atoms with E-state index in [0.717, 1.165) is 25.0 Å². The number of nitrogens with zero attached hydrogens (tertiary/aromatic N) is 2. The van der Waals surface area contributed by atoms with Crippen LogP contribution in [0.4, 0.5) is 0 Å². The van der Waals surface area contributed by atoms with E-state index in [2.05, 4.69) is 10.4 Å². The molecule has 2 rings (SSSR count). The third-order valence-electron chi connectivity index (χ3n) is 3.97. The maximum absolute atomic E-state index is 11.7. The van der Waals surface area contributed by atoms with E-state index in [1.165, 1.54) is 6.26 Å². The summed E-state index contributed by atoms with van der Waals surface area (Å²) >= 11 is 0. The zero-order chi connectivity index (χ0) is 14.0. The monoisotopic (exact) mass is 286 g/mol. The van der Waals surface area contributed by atoms with Crippen LogP contribution in [-0.2, 0) is 16.9 Å². The number of nitrogens with one attached hydrogen (secondary N) is 1. The van der Waals surface area contributed by atoms with Crippen LogP contribution in [0.3, 0.4) is 0 Å². The standard InChI is InChI=1S/C12H22N4O2S/c1-16-7-11(14-8-16)12(15-13)9-4-3-5-10(6-9)19(2,17)18/h7-10,12,15H,3-6,13H2,1-2H3. The molecule has 0 bridgehead atoms. The Morgan fingerprint density at radius 3 is 2.79 bits per heavy atom. The second-order valence-corrected chi connectivity index (χ2v) is 7.81. The van der Waals surface area contributed by atoms with Crippen molar-refractivity contribution >= 4 is 9.84 Å². The zero-order valence-electron chi connectivity index (χ0n) is 11.4. The van der Waals surface area contributed by atoms with Gasteiger partial charge in [-0.1, -0.05) is 6.42 Å². The fourth-order valence-corrected chi connectivity index (χ4v) is 4.12. The minimum Gasteiger partial charge on any atom is -0.340 e. The van der Waals surface area contributed by atoms with E-state index in [1.54, 1.807) is 6.33 Å². The number of hydrogen-bond donors (Lipinski definition) is 2. The Balaban J connectivity index is 2.15. The van der Waals surface area contributed by atoms with Gasteiger partial charge in [-0.2, -0.15) is 0 Å². The molecule has 0 aliphatic heterocycles. The highest BCUT2D eigenvalue weighted by molar-refractivity contribution is 7.91. The third-order valence-corrected chi connectivity index (χ3v) is 5.61. The number of aryl methyl sites for hydroxylation is 1. The molecule has 0 aromatic carbocycles. The normalized spacial score (nSPS) is 26.3. The van der Waals surface area contributed by atoms with E-state index in [1.807, 2.05) is 17.8 Å².